The van der Waals surface area contributed by atoms with E-state index >= 15 is 0 Å². The molecule has 0 aliphatic heterocycles. The second-order valence-corrected chi connectivity index (χ2v) is 5.49. The lowest BCUT2D eigenvalue weighted by molar-refractivity contribution is -0.122. The van der Waals surface area contributed by atoms with Gasteiger partial charge in [-0.1, -0.05) is 12.1 Å². The molecule has 1 fully saturated rings. The Labute approximate surface area is 121 Å². The second-order valence-electron chi connectivity index (χ2n) is 5.49. The van der Waals surface area contributed by atoms with Crippen LogP contribution in [0.3, 0.4) is 0 Å². The van der Waals surface area contributed by atoms with E-state index in [9.17, 15) is 14.7 Å². The summed E-state index contributed by atoms with van der Waals surface area (Å²) < 4.78 is 6.43. The van der Waals surface area contributed by atoms with Crippen LogP contribution in [0.5, 0.6) is 0 Å². The topological polar surface area (TPSA) is 84.5 Å². The Bertz CT molecular complexity index is 695. The SMILES string of the molecule is O=C(Cn1c(=O)oc2ccccc21)NC1CCC(O)CC1. The molecule has 1 aliphatic carbocycles. The fourth-order valence-electron chi connectivity index (χ4n) is 2.80. The number of aliphatic hydroxyl groups is 1. The third-order valence-corrected chi connectivity index (χ3v) is 3.94. The summed E-state index contributed by atoms with van der Waals surface area (Å²) in [6.07, 6.45) is 2.71. The van der Waals surface area contributed by atoms with Gasteiger partial charge in [-0.15, -0.1) is 0 Å². The van der Waals surface area contributed by atoms with Gasteiger partial charge in [0.1, 0.15) is 6.54 Å². The van der Waals surface area contributed by atoms with E-state index in [0.717, 1.165) is 12.8 Å². The summed E-state index contributed by atoms with van der Waals surface area (Å²) in [4.78, 5) is 23.9. The van der Waals surface area contributed by atoms with Gasteiger partial charge < -0.3 is 14.8 Å². The molecule has 112 valence electrons. The van der Waals surface area contributed by atoms with Crippen molar-refractivity contribution in [2.24, 2.45) is 0 Å². The second kappa shape index (κ2) is 5.73. The largest absolute Gasteiger partial charge is 0.420 e. The monoisotopic (exact) mass is 290 g/mol. The predicted molar refractivity (Wildman–Crippen MR) is 76.9 cm³/mol. The number of carbonyl (C=O) groups is 1. The first kappa shape index (κ1) is 13.9. The van der Waals surface area contributed by atoms with Crippen molar-refractivity contribution in [3.63, 3.8) is 0 Å². The fraction of sp³-hybridized carbons (Fsp3) is 0.467. The number of nitrogens with zero attached hydrogens (tertiary/aromatic N) is 1. The van der Waals surface area contributed by atoms with Gasteiger partial charge in [0.05, 0.1) is 11.6 Å². The number of hydrogen-bond donors (Lipinski definition) is 2. The van der Waals surface area contributed by atoms with Crippen LogP contribution in [0.1, 0.15) is 25.7 Å². The molecule has 6 nitrogen and oxygen atoms in total. The zero-order valence-electron chi connectivity index (χ0n) is 11.6. The standard InChI is InChI=1S/C15H18N2O4/c18-11-7-5-10(6-8-11)16-14(19)9-17-12-3-1-2-4-13(12)21-15(17)20/h1-4,10-11,18H,5-9H2,(H,16,19). The number of benzene rings is 1. The van der Waals surface area contributed by atoms with Gasteiger partial charge in [0.2, 0.25) is 5.91 Å². The molecule has 0 radical (unpaired) electrons. The summed E-state index contributed by atoms with van der Waals surface area (Å²) in [5, 5.41) is 12.4. The molecular formula is C15H18N2O4. The van der Waals surface area contributed by atoms with Crippen LogP contribution < -0.4 is 11.1 Å². The zero-order chi connectivity index (χ0) is 14.8. The summed E-state index contributed by atoms with van der Waals surface area (Å²) in [5.74, 6) is -0.726. The lowest BCUT2D eigenvalue weighted by atomic mass is 9.93. The highest BCUT2D eigenvalue weighted by Crippen LogP contribution is 2.18. The number of hydrogen-bond acceptors (Lipinski definition) is 4. The third kappa shape index (κ3) is 3.00. The molecule has 6 heteroatoms. The Balaban J connectivity index is 1.69. The Morgan fingerprint density at radius 2 is 2.00 bits per heavy atom. The lowest BCUT2D eigenvalue weighted by Crippen LogP contribution is -2.41. The van der Waals surface area contributed by atoms with Gasteiger partial charge >= 0.3 is 5.76 Å². The molecule has 2 aromatic rings. The number of fused-ring (bicyclic) bond motifs is 1. The summed E-state index contributed by atoms with van der Waals surface area (Å²) >= 11 is 0. The highest BCUT2D eigenvalue weighted by atomic mass is 16.4. The maximum atomic E-state index is 12.1. The fourth-order valence-corrected chi connectivity index (χ4v) is 2.80. The molecule has 21 heavy (non-hydrogen) atoms. The zero-order valence-corrected chi connectivity index (χ0v) is 11.6. The van der Waals surface area contributed by atoms with E-state index in [0.29, 0.717) is 23.9 Å². The number of aliphatic hydroxyl groups excluding tert-OH is 1. The average molecular weight is 290 g/mol. The first-order chi connectivity index (χ1) is 10.1. The molecule has 1 heterocycles. The predicted octanol–water partition coefficient (Wildman–Crippen LogP) is 1.01. The molecule has 1 aliphatic rings. The van der Waals surface area contributed by atoms with Crippen LogP contribution in [0.2, 0.25) is 0 Å². The van der Waals surface area contributed by atoms with Gasteiger partial charge in [0, 0.05) is 6.04 Å². The van der Waals surface area contributed by atoms with Crippen molar-refractivity contribution in [2.75, 3.05) is 0 Å². The van der Waals surface area contributed by atoms with Crippen molar-refractivity contribution in [1.29, 1.82) is 0 Å². The molecule has 3 rings (SSSR count). The highest BCUT2D eigenvalue weighted by molar-refractivity contribution is 5.79. The van der Waals surface area contributed by atoms with Crippen molar-refractivity contribution in [3.8, 4) is 0 Å². The number of para-hydroxylation sites is 2. The van der Waals surface area contributed by atoms with E-state index in [1.165, 1.54) is 4.57 Å². The number of amides is 1. The molecule has 0 bridgehead atoms. The van der Waals surface area contributed by atoms with Crippen LogP contribution in [0.25, 0.3) is 11.1 Å². The minimum Gasteiger partial charge on any atom is -0.408 e. The Kier molecular flexibility index (Phi) is 3.79. The maximum Gasteiger partial charge on any atom is 0.420 e. The van der Waals surface area contributed by atoms with Gasteiger partial charge in [-0.25, -0.2) is 4.79 Å². The van der Waals surface area contributed by atoms with Gasteiger partial charge in [0.15, 0.2) is 5.58 Å². The van der Waals surface area contributed by atoms with Crippen molar-refractivity contribution >= 4 is 17.0 Å². The maximum absolute atomic E-state index is 12.1. The molecule has 1 amide bonds. The van der Waals surface area contributed by atoms with E-state index in [1.807, 2.05) is 0 Å². The van der Waals surface area contributed by atoms with Crippen molar-refractivity contribution in [3.05, 3.63) is 34.8 Å². The molecule has 0 spiro atoms. The minimum atomic E-state index is -0.523. The van der Waals surface area contributed by atoms with Crippen molar-refractivity contribution < 1.29 is 14.3 Å². The molecule has 0 atom stereocenters. The van der Waals surface area contributed by atoms with Crippen molar-refractivity contribution in [1.82, 2.24) is 9.88 Å². The van der Waals surface area contributed by atoms with E-state index in [2.05, 4.69) is 5.32 Å². The Hall–Kier alpha value is -2.08. The number of carbonyl (C=O) groups excluding carboxylic acids is 1. The number of oxazole rings is 1. The Morgan fingerprint density at radius 1 is 1.29 bits per heavy atom. The normalized spacial score (nSPS) is 22.3. The third-order valence-electron chi connectivity index (χ3n) is 3.94. The molecule has 1 aromatic carbocycles. The van der Waals surface area contributed by atoms with E-state index in [-0.39, 0.29) is 24.6 Å². The number of rotatable bonds is 3. The summed E-state index contributed by atoms with van der Waals surface area (Å²) in [6.45, 7) is -0.0467. The van der Waals surface area contributed by atoms with Crippen LogP contribution in [-0.4, -0.2) is 27.7 Å². The van der Waals surface area contributed by atoms with Gasteiger partial charge in [0.25, 0.3) is 0 Å². The van der Waals surface area contributed by atoms with Crippen LogP contribution in [0, 0.1) is 0 Å². The highest BCUT2D eigenvalue weighted by Gasteiger charge is 2.21. The number of aromatic nitrogens is 1. The van der Waals surface area contributed by atoms with E-state index in [1.54, 1.807) is 24.3 Å². The van der Waals surface area contributed by atoms with Crippen molar-refractivity contribution in [2.45, 2.75) is 44.4 Å². The summed E-state index contributed by atoms with van der Waals surface area (Å²) in [7, 11) is 0. The molecule has 1 saturated carbocycles. The van der Waals surface area contributed by atoms with E-state index < -0.39 is 5.76 Å². The Morgan fingerprint density at radius 3 is 2.76 bits per heavy atom. The molecule has 2 N–H and O–H groups in total. The lowest BCUT2D eigenvalue weighted by Gasteiger charge is -2.26. The number of nitrogens with one attached hydrogen (secondary N) is 1. The van der Waals surface area contributed by atoms with Gasteiger partial charge in [-0.3, -0.25) is 9.36 Å². The molecule has 1 aromatic heterocycles. The molecular weight excluding hydrogens is 272 g/mol. The van der Waals surface area contributed by atoms with Crippen LogP contribution in [0.15, 0.2) is 33.5 Å². The first-order valence-corrected chi connectivity index (χ1v) is 7.19. The van der Waals surface area contributed by atoms with Crippen LogP contribution in [-0.2, 0) is 11.3 Å². The van der Waals surface area contributed by atoms with E-state index in [4.69, 9.17) is 4.42 Å². The minimum absolute atomic E-state index is 0.0467. The van der Waals surface area contributed by atoms with Gasteiger partial charge in [-0.05, 0) is 37.8 Å². The first-order valence-electron chi connectivity index (χ1n) is 7.19. The molecule has 0 saturated heterocycles. The summed E-state index contributed by atoms with van der Waals surface area (Å²) in [6, 6.07) is 7.12. The molecule has 0 unspecified atom stereocenters. The van der Waals surface area contributed by atoms with Gasteiger partial charge in [-0.2, -0.15) is 0 Å². The smallest absolute Gasteiger partial charge is 0.408 e. The van der Waals surface area contributed by atoms with Crippen LogP contribution >= 0.6 is 0 Å². The summed E-state index contributed by atoms with van der Waals surface area (Å²) in [5.41, 5.74) is 1.10. The quantitative estimate of drug-likeness (QED) is 0.883. The van der Waals surface area contributed by atoms with Crippen LogP contribution in [0.4, 0.5) is 0 Å². The average Bonchev–Trinajstić information content (AvgIpc) is 2.78.